The number of piperidine rings is 1. The van der Waals surface area contributed by atoms with Gasteiger partial charge in [-0.15, -0.1) is 0 Å². The Bertz CT molecular complexity index is 469. The molecule has 2 bridgehead atoms. The van der Waals surface area contributed by atoms with E-state index in [9.17, 15) is 0 Å². The standard InChI is InChI=1S/C17H22N2/c1-2-9-18-15(6-1)12-19-16-7-8-17(19)11-14(10-16)13-4-3-5-13/h1-2,6,9,16-17H,3-5,7-8,10-12H2. The molecule has 0 spiro atoms. The summed E-state index contributed by atoms with van der Waals surface area (Å²) in [5.41, 5.74) is 4.88. The van der Waals surface area contributed by atoms with Gasteiger partial charge in [0.2, 0.25) is 0 Å². The molecule has 1 aliphatic carbocycles. The van der Waals surface area contributed by atoms with E-state index < -0.39 is 0 Å². The van der Waals surface area contributed by atoms with Crippen LogP contribution in [0.25, 0.3) is 0 Å². The molecule has 4 rings (SSSR count). The van der Waals surface area contributed by atoms with Crippen LogP contribution in [-0.2, 0) is 6.54 Å². The second-order valence-corrected chi connectivity index (χ2v) is 6.35. The van der Waals surface area contributed by atoms with Gasteiger partial charge in [0.05, 0.1) is 5.69 Å². The molecule has 1 aromatic heterocycles. The summed E-state index contributed by atoms with van der Waals surface area (Å²) in [6.45, 7) is 1.05. The van der Waals surface area contributed by atoms with E-state index in [1.807, 2.05) is 23.4 Å². The van der Waals surface area contributed by atoms with Crippen molar-refractivity contribution in [1.29, 1.82) is 0 Å². The van der Waals surface area contributed by atoms with Crippen molar-refractivity contribution >= 4 is 0 Å². The molecule has 2 aliphatic heterocycles. The number of hydrogen-bond acceptors (Lipinski definition) is 2. The molecule has 2 nitrogen and oxygen atoms in total. The molecule has 1 aromatic rings. The average Bonchev–Trinajstić information content (AvgIpc) is 2.60. The second-order valence-electron chi connectivity index (χ2n) is 6.35. The lowest BCUT2D eigenvalue weighted by molar-refractivity contribution is 0.154. The van der Waals surface area contributed by atoms with Crippen LogP contribution in [0.15, 0.2) is 35.5 Å². The largest absolute Gasteiger partial charge is 0.291 e. The number of aromatic nitrogens is 1. The van der Waals surface area contributed by atoms with Crippen molar-refractivity contribution < 1.29 is 0 Å². The van der Waals surface area contributed by atoms with Gasteiger partial charge in [-0.05, 0) is 57.1 Å². The molecular weight excluding hydrogens is 232 g/mol. The number of nitrogens with zero attached hydrogens (tertiary/aromatic N) is 2. The first-order valence-electron chi connectivity index (χ1n) is 7.75. The van der Waals surface area contributed by atoms with Gasteiger partial charge in [0.25, 0.3) is 0 Å². The zero-order valence-electron chi connectivity index (χ0n) is 11.5. The minimum absolute atomic E-state index is 0.795. The topological polar surface area (TPSA) is 16.1 Å². The molecule has 19 heavy (non-hydrogen) atoms. The van der Waals surface area contributed by atoms with Gasteiger partial charge >= 0.3 is 0 Å². The minimum Gasteiger partial charge on any atom is -0.291 e. The van der Waals surface area contributed by atoms with Gasteiger partial charge in [-0.1, -0.05) is 17.2 Å². The van der Waals surface area contributed by atoms with Gasteiger partial charge in [-0.2, -0.15) is 0 Å². The van der Waals surface area contributed by atoms with Crippen LogP contribution in [0.1, 0.15) is 50.6 Å². The fourth-order valence-electron chi connectivity index (χ4n) is 4.04. The molecule has 2 unspecified atom stereocenters. The Morgan fingerprint density at radius 3 is 2.42 bits per heavy atom. The summed E-state index contributed by atoms with van der Waals surface area (Å²) < 4.78 is 0. The van der Waals surface area contributed by atoms with Gasteiger partial charge in [0, 0.05) is 24.8 Å². The van der Waals surface area contributed by atoms with Crippen LogP contribution in [0, 0.1) is 0 Å². The first kappa shape index (κ1) is 11.7. The molecule has 0 aromatic carbocycles. The van der Waals surface area contributed by atoms with Crippen molar-refractivity contribution in [3.63, 3.8) is 0 Å². The van der Waals surface area contributed by atoms with Crippen LogP contribution in [0.2, 0.25) is 0 Å². The summed E-state index contributed by atoms with van der Waals surface area (Å²) in [5, 5.41) is 0. The Labute approximate surface area is 115 Å². The lowest BCUT2D eigenvalue weighted by Crippen LogP contribution is -2.40. The maximum Gasteiger partial charge on any atom is 0.0544 e. The number of fused-ring (bicyclic) bond motifs is 2. The monoisotopic (exact) mass is 254 g/mol. The molecule has 0 N–H and O–H groups in total. The van der Waals surface area contributed by atoms with Gasteiger partial charge in [-0.3, -0.25) is 9.88 Å². The predicted octanol–water partition coefficient (Wildman–Crippen LogP) is 3.69. The molecular formula is C17H22N2. The van der Waals surface area contributed by atoms with E-state index in [1.165, 1.54) is 50.6 Å². The van der Waals surface area contributed by atoms with Crippen molar-refractivity contribution in [2.24, 2.45) is 0 Å². The maximum atomic E-state index is 4.50. The molecule has 3 aliphatic rings. The van der Waals surface area contributed by atoms with Crippen molar-refractivity contribution in [1.82, 2.24) is 9.88 Å². The molecule has 2 saturated heterocycles. The number of pyridine rings is 1. The summed E-state index contributed by atoms with van der Waals surface area (Å²) in [4.78, 5) is 7.22. The third-order valence-corrected chi connectivity index (χ3v) is 5.26. The van der Waals surface area contributed by atoms with E-state index in [2.05, 4.69) is 22.0 Å². The summed E-state index contributed by atoms with van der Waals surface area (Å²) >= 11 is 0. The van der Waals surface area contributed by atoms with Gasteiger partial charge in [0.15, 0.2) is 0 Å². The Hall–Kier alpha value is -1.15. The maximum absolute atomic E-state index is 4.50. The number of rotatable bonds is 2. The fourth-order valence-corrected chi connectivity index (χ4v) is 4.04. The third kappa shape index (κ3) is 2.12. The van der Waals surface area contributed by atoms with Gasteiger partial charge < -0.3 is 0 Å². The summed E-state index contributed by atoms with van der Waals surface area (Å²) in [6.07, 6.45) is 11.6. The lowest BCUT2D eigenvalue weighted by Gasteiger charge is -2.38. The zero-order valence-corrected chi connectivity index (χ0v) is 11.5. The minimum atomic E-state index is 0.795. The highest BCUT2D eigenvalue weighted by Crippen LogP contribution is 2.43. The molecule has 2 atom stereocenters. The fraction of sp³-hybridized carbons (Fsp3) is 0.588. The van der Waals surface area contributed by atoms with Gasteiger partial charge in [-0.25, -0.2) is 0 Å². The van der Waals surface area contributed by atoms with Crippen molar-refractivity contribution in [2.75, 3.05) is 0 Å². The molecule has 0 radical (unpaired) electrons. The van der Waals surface area contributed by atoms with E-state index in [0.29, 0.717) is 0 Å². The van der Waals surface area contributed by atoms with E-state index >= 15 is 0 Å². The van der Waals surface area contributed by atoms with E-state index in [4.69, 9.17) is 0 Å². The van der Waals surface area contributed by atoms with E-state index in [0.717, 1.165) is 18.6 Å². The second kappa shape index (κ2) is 4.75. The molecule has 2 heteroatoms. The quantitative estimate of drug-likeness (QED) is 0.748. The number of allylic oxidation sites excluding steroid dienone is 1. The first-order chi connectivity index (χ1) is 9.40. The first-order valence-corrected chi connectivity index (χ1v) is 7.75. The summed E-state index contributed by atoms with van der Waals surface area (Å²) in [6, 6.07) is 7.87. The number of hydrogen-bond donors (Lipinski definition) is 0. The molecule has 100 valence electrons. The van der Waals surface area contributed by atoms with E-state index in [-0.39, 0.29) is 0 Å². The van der Waals surface area contributed by atoms with Crippen LogP contribution in [0.5, 0.6) is 0 Å². The Morgan fingerprint density at radius 1 is 1.05 bits per heavy atom. The lowest BCUT2D eigenvalue weighted by atomic mass is 9.82. The molecule has 3 fully saturated rings. The Kier molecular flexibility index (Phi) is 2.92. The Balaban J connectivity index is 1.51. The van der Waals surface area contributed by atoms with Crippen LogP contribution < -0.4 is 0 Å². The SMILES string of the molecule is c1ccc(CN2C3CCC2CC(=C2CCC2)C3)nc1. The van der Waals surface area contributed by atoms with Crippen LogP contribution >= 0.6 is 0 Å². The van der Waals surface area contributed by atoms with E-state index in [1.54, 1.807) is 0 Å². The summed E-state index contributed by atoms with van der Waals surface area (Å²) in [5.74, 6) is 0. The van der Waals surface area contributed by atoms with Crippen molar-refractivity contribution in [2.45, 2.75) is 63.6 Å². The third-order valence-electron chi connectivity index (χ3n) is 5.26. The van der Waals surface area contributed by atoms with Gasteiger partial charge in [0.1, 0.15) is 0 Å². The van der Waals surface area contributed by atoms with Crippen LogP contribution in [0.3, 0.4) is 0 Å². The molecule has 3 heterocycles. The van der Waals surface area contributed by atoms with Crippen LogP contribution in [-0.4, -0.2) is 22.0 Å². The smallest absolute Gasteiger partial charge is 0.0544 e. The van der Waals surface area contributed by atoms with Crippen molar-refractivity contribution in [3.05, 3.63) is 41.2 Å². The molecule has 0 amide bonds. The molecule has 1 saturated carbocycles. The predicted molar refractivity (Wildman–Crippen MR) is 76.7 cm³/mol. The van der Waals surface area contributed by atoms with Crippen LogP contribution in [0.4, 0.5) is 0 Å². The average molecular weight is 254 g/mol. The highest BCUT2D eigenvalue weighted by atomic mass is 15.2. The zero-order chi connectivity index (χ0) is 12.7. The highest BCUT2D eigenvalue weighted by Gasteiger charge is 2.39. The van der Waals surface area contributed by atoms with Crippen molar-refractivity contribution in [3.8, 4) is 0 Å². The summed E-state index contributed by atoms with van der Waals surface area (Å²) in [7, 11) is 0. The highest BCUT2D eigenvalue weighted by molar-refractivity contribution is 5.25. The Morgan fingerprint density at radius 2 is 1.84 bits per heavy atom. The normalized spacial score (nSPS) is 30.5.